The van der Waals surface area contributed by atoms with Gasteiger partial charge in [-0.05, 0) is 19.3 Å². The van der Waals surface area contributed by atoms with Crippen molar-refractivity contribution in [3.05, 3.63) is 0 Å². The first-order valence-electron chi connectivity index (χ1n) is 9.33. The Morgan fingerprint density at radius 1 is 0.750 bits per heavy atom. The molecular weight excluding hydrogens is 330 g/mol. The smallest absolute Gasteiger partial charge is 0.102 e. The van der Waals surface area contributed by atoms with Crippen LogP contribution >= 0.6 is 0 Å². The Labute approximate surface area is 148 Å². The molecule has 0 rings (SSSR count). The molecule has 6 nitrogen and oxygen atoms in total. The van der Waals surface area contributed by atoms with Crippen LogP contribution in [0, 0.1) is 0 Å². The first-order valence-corrected chi connectivity index (χ1v) is 10.9. The van der Waals surface area contributed by atoms with E-state index in [4.69, 9.17) is 9.47 Å². The first-order chi connectivity index (χ1) is 11.4. The molecule has 0 heterocycles. The maximum atomic E-state index is 10.8. The first kappa shape index (κ1) is 23.8. The van der Waals surface area contributed by atoms with E-state index in [1.807, 2.05) is 0 Å². The van der Waals surface area contributed by atoms with E-state index < -0.39 is 10.1 Å². The predicted molar refractivity (Wildman–Crippen MR) is 96.0 cm³/mol. The Bertz CT molecular complexity index is 380. The molecule has 146 valence electrons. The van der Waals surface area contributed by atoms with Gasteiger partial charge in [0.1, 0.15) is 6.54 Å². The van der Waals surface area contributed by atoms with Crippen LogP contribution in [0.3, 0.4) is 0 Å². The topological polar surface area (TPSA) is 75.7 Å². The van der Waals surface area contributed by atoms with Crippen molar-refractivity contribution < 1.29 is 26.9 Å². The van der Waals surface area contributed by atoms with Crippen LogP contribution < -0.4 is 0 Å². The van der Waals surface area contributed by atoms with E-state index in [0.717, 1.165) is 63.0 Å². The normalized spacial score (nSPS) is 12.7. The van der Waals surface area contributed by atoms with Gasteiger partial charge < -0.3 is 18.5 Å². The molecule has 0 unspecified atom stereocenters. The van der Waals surface area contributed by atoms with Crippen molar-refractivity contribution in [2.75, 3.05) is 58.4 Å². The van der Waals surface area contributed by atoms with Crippen molar-refractivity contribution in [3.63, 3.8) is 0 Å². The van der Waals surface area contributed by atoms with Gasteiger partial charge in [-0.1, -0.05) is 27.2 Å². The van der Waals surface area contributed by atoms with Crippen LogP contribution in [0.4, 0.5) is 0 Å². The van der Waals surface area contributed by atoms with Gasteiger partial charge in [0.2, 0.25) is 0 Å². The summed E-state index contributed by atoms with van der Waals surface area (Å²) in [4.78, 5) is 0. The van der Waals surface area contributed by atoms with Crippen molar-refractivity contribution in [2.45, 2.75) is 52.9 Å². The van der Waals surface area contributed by atoms with Crippen molar-refractivity contribution >= 4 is 10.1 Å². The molecule has 0 saturated carbocycles. The summed E-state index contributed by atoms with van der Waals surface area (Å²) in [5.41, 5.74) is 0. The van der Waals surface area contributed by atoms with E-state index in [1.54, 1.807) is 0 Å². The molecule has 0 aliphatic rings. The minimum Gasteiger partial charge on any atom is -0.748 e. The lowest BCUT2D eigenvalue weighted by Gasteiger charge is -2.38. The Morgan fingerprint density at radius 2 is 1.33 bits per heavy atom. The van der Waals surface area contributed by atoms with Crippen LogP contribution in [0.15, 0.2) is 0 Å². The molecule has 0 aromatic heterocycles. The third-order valence-corrected chi connectivity index (χ3v) is 4.94. The second-order valence-corrected chi connectivity index (χ2v) is 7.95. The Hall–Kier alpha value is -0.210. The summed E-state index contributed by atoms with van der Waals surface area (Å²) < 4.78 is 44.5. The molecule has 0 aromatic rings. The highest BCUT2D eigenvalue weighted by atomic mass is 32.2. The van der Waals surface area contributed by atoms with Crippen molar-refractivity contribution in [2.24, 2.45) is 0 Å². The van der Waals surface area contributed by atoms with Crippen LogP contribution in [0.1, 0.15) is 52.9 Å². The van der Waals surface area contributed by atoms with Gasteiger partial charge in [-0.2, -0.15) is 0 Å². The van der Waals surface area contributed by atoms with Gasteiger partial charge in [0.25, 0.3) is 0 Å². The number of hydrogen-bond acceptors (Lipinski definition) is 5. The average molecular weight is 368 g/mol. The number of quaternary nitrogens is 1. The van der Waals surface area contributed by atoms with E-state index in [2.05, 4.69) is 20.8 Å². The summed E-state index contributed by atoms with van der Waals surface area (Å²) in [6, 6.07) is 0. The van der Waals surface area contributed by atoms with E-state index in [9.17, 15) is 13.0 Å². The highest BCUT2D eigenvalue weighted by Crippen LogP contribution is 2.12. The van der Waals surface area contributed by atoms with Crippen molar-refractivity contribution in [1.29, 1.82) is 0 Å². The Balaban J connectivity index is 4.23. The quantitative estimate of drug-likeness (QED) is 0.224. The Morgan fingerprint density at radius 3 is 1.83 bits per heavy atom. The fourth-order valence-corrected chi connectivity index (χ4v) is 3.51. The van der Waals surface area contributed by atoms with Crippen LogP contribution in [-0.2, 0) is 19.6 Å². The molecule has 0 fully saturated rings. The molecule has 0 aromatic carbocycles. The zero-order valence-electron chi connectivity index (χ0n) is 15.8. The molecule has 0 atom stereocenters. The van der Waals surface area contributed by atoms with E-state index in [0.29, 0.717) is 26.2 Å². The minimum absolute atomic E-state index is 0.271. The maximum Gasteiger partial charge on any atom is 0.102 e. The maximum absolute atomic E-state index is 10.8. The fraction of sp³-hybridized carbons (Fsp3) is 1.00. The van der Waals surface area contributed by atoms with Crippen molar-refractivity contribution in [1.82, 2.24) is 0 Å². The van der Waals surface area contributed by atoms with Crippen LogP contribution in [0.25, 0.3) is 0 Å². The monoisotopic (exact) mass is 367 g/mol. The molecule has 0 radical (unpaired) electrons. The third-order valence-electron chi connectivity index (χ3n) is 4.15. The van der Waals surface area contributed by atoms with Gasteiger partial charge >= 0.3 is 0 Å². The molecule has 0 bridgehead atoms. The number of ether oxygens (including phenoxy) is 2. The summed E-state index contributed by atoms with van der Waals surface area (Å²) in [7, 11) is -4.12. The summed E-state index contributed by atoms with van der Waals surface area (Å²) >= 11 is 0. The zero-order valence-corrected chi connectivity index (χ0v) is 16.6. The second-order valence-electron chi connectivity index (χ2n) is 6.43. The summed E-state index contributed by atoms with van der Waals surface area (Å²) in [6.45, 7) is 12.6. The molecular formula is C17H37NO5S. The lowest BCUT2D eigenvalue weighted by atomic mass is 10.2. The summed E-state index contributed by atoms with van der Waals surface area (Å²) in [5.74, 6) is -0.271. The highest BCUT2D eigenvalue weighted by molar-refractivity contribution is 7.85. The van der Waals surface area contributed by atoms with Gasteiger partial charge in [-0.25, -0.2) is 8.42 Å². The SMILES string of the molecule is CCCCOCCOCC[N+](CCC)(CCC)CCCS(=O)(=O)[O-]. The molecule has 24 heavy (non-hydrogen) atoms. The van der Waals surface area contributed by atoms with Crippen molar-refractivity contribution in [3.8, 4) is 0 Å². The second kappa shape index (κ2) is 14.0. The molecule has 0 spiro atoms. The molecule has 0 aliphatic carbocycles. The number of rotatable bonds is 17. The largest absolute Gasteiger partial charge is 0.748 e. The number of nitrogens with zero attached hydrogens (tertiary/aromatic N) is 1. The average Bonchev–Trinajstić information content (AvgIpc) is 2.49. The molecule has 0 saturated heterocycles. The van der Waals surface area contributed by atoms with E-state index in [1.165, 1.54) is 0 Å². The number of hydrogen-bond donors (Lipinski definition) is 0. The van der Waals surface area contributed by atoms with Gasteiger partial charge in [-0.15, -0.1) is 0 Å². The van der Waals surface area contributed by atoms with Gasteiger partial charge in [0.05, 0.1) is 49.6 Å². The van der Waals surface area contributed by atoms with Gasteiger partial charge in [0.15, 0.2) is 0 Å². The standard InChI is InChI=1S/C17H37NO5S/c1-4-7-13-22-15-16-23-14-12-18(9-5-2,10-6-3)11-8-17-24(19,20)21/h4-17H2,1-3H3. The lowest BCUT2D eigenvalue weighted by Crippen LogP contribution is -2.52. The summed E-state index contributed by atoms with van der Waals surface area (Å²) in [5, 5.41) is 0. The Kier molecular flexibility index (Phi) is 13.9. The summed E-state index contributed by atoms with van der Waals surface area (Å²) in [6.07, 6.45) is 4.70. The van der Waals surface area contributed by atoms with Crippen LogP contribution in [0.2, 0.25) is 0 Å². The number of unbranched alkanes of at least 4 members (excludes halogenated alkanes) is 1. The van der Waals surface area contributed by atoms with E-state index >= 15 is 0 Å². The van der Waals surface area contributed by atoms with E-state index in [-0.39, 0.29) is 5.75 Å². The van der Waals surface area contributed by atoms with Crippen LogP contribution in [-0.4, -0.2) is 75.8 Å². The lowest BCUT2D eigenvalue weighted by molar-refractivity contribution is -0.928. The van der Waals surface area contributed by atoms with Gasteiger partial charge in [-0.3, -0.25) is 0 Å². The van der Waals surface area contributed by atoms with Gasteiger partial charge in [0, 0.05) is 18.8 Å². The fourth-order valence-electron chi connectivity index (χ4n) is 3.02. The molecule has 0 aliphatic heterocycles. The molecule has 0 amide bonds. The van der Waals surface area contributed by atoms with Crippen LogP contribution in [0.5, 0.6) is 0 Å². The molecule has 0 N–H and O–H groups in total. The molecule has 7 heteroatoms. The zero-order chi connectivity index (χ0) is 18.3. The minimum atomic E-state index is -4.12. The predicted octanol–water partition coefficient (Wildman–Crippen LogP) is 2.39. The highest BCUT2D eigenvalue weighted by Gasteiger charge is 2.25. The third kappa shape index (κ3) is 13.1.